The molecule has 0 amide bonds. The lowest BCUT2D eigenvalue weighted by atomic mass is 9.86. The van der Waals surface area contributed by atoms with E-state index in [4.69, 9.17) is 10.5 Å². The number of carbonyl (C=O) groups is 1. The fourth-order valence-electron chi connectivity index (χ4n) is 2.82. The Morgan fingerprint density at radius 1 is 1.17 bits per heavy atom. The summed E-state index contributed by atoms with van der Waals surface area (Å²) in [6.07, 6.45) is 0. The molecule has 1 aliphatic heterocycles. The van der Waals surface area contributed by atoms with Gasteiger partial charge in [0.2, 0.25) is 0 Å². The van der Waals surface area contributed by atoms with Gasteiger partial charge in [-0.3, -0.25) is 4.79 Å². The van der Waals surface area contributed by atoms with Crippen LogP contribution >= 0.6 is 11.8 Å². The van der Waals surface area contributed by atoms with E-state index in [-0.39, 0.29) is 11.7 Å². The van der Waals surface area contributed by atoms with Crippen molar-refractivity contribution in [3.63, 3.8) is 0 Å². The first-order valence-electron chi connectivity index (χ1n) is 7.45. The van der Waals surface area contributed by atoms with Crippen LogP contribution in [0.5, 0.6) is 5.75 Å². The predicted octanol–water partition coefficient (Wildman–Crippen LogP) is 3.47. The van der Waals surface area contributed by atoms with E-state index in [1.165, 1.54) is 11.8 Å². The molecule has 2 N–H and O–H groups in total. The van der Waals surface area contributed by atoms with Crippen molar-refractivity contribution in [2.45, 2.75) is 11.2 Å². The van der Waals surface area contributed by atoms with Crippen LogP contribution < -0.4 is 10.5 Å². The van der Waals surface area contributed by atoms with E-state index in [1.807, 2.05) is 42.5 Å². The molecule has 3 rings (SSSR count). The molecule has 0 spiro atoms. The smallest absolute Gasteiger partial charge is 0.177 e. The van der Waals surface area contributed by atoms with Crippen molar-refractivity contribution in [2.24, 2.45) is 5.73 Å². The van der Waals surface area contributed by atoms with E-state index < -0.39 is 5.25 Å². The Bertz CT molecular complexity index is 823. The molecule has 0 aromatic heterocycles. The van der Waals surface area contributed by atoms with Crippen LogP contribution in [0.2, 0.25) is 0 Å². The Labute approximate surface area is 144 Å². The molecule has 2 aromatic carbocycles. The second kappa shape index (κ2) is 6.81. The van der Waals surface area contributed by atoms with Gasteiger partial charge in [-0.1, -0.05) is 54.2 Å². The molecule has 2 aromatic rings. The van der Waals surface area contributed by atoms with Crippen molar-refractivity contribution < 1.29 is 9.53 Å². The highest BCUT2D eigenvalue weighted by atomic mass is 32.2. The SMILES string of the molecule is COc1ccc([C@H]2C(C#N)=C(N)S[C@@H]2C(=O)c2ccccc2)cc1. The van der Waals surface area contributed by atoms with Gasteiger partial charge in [0.15, 0.2) is 5.78 Å². The second-order valence-corrected chi connectivity index (χ2v) is 6.59. The fourth-order valence-corrected chi connectivity index (χ4v) is 4.07. The van der Waals surface area contributed by atoms with Crippen LogP contribution in [-0.2, 0) is 0 Å². The maximum Gasteiger partial charge on any atom is 0.177 e. The van der Waals surface area contributed by atoms with Crippen molar-refractivity contribution in [1.82, 2.24) is 0 Å². The van der Waals surface area contributed by atoms with E-state index >= 15 is 0 Å². The summed E-state index contributed by atoms with van der Waals surface area (Å²) in [4.78, 5) is 12.9. The molecule has 0 saturated heterocycles. The molecule has 0 unspecified atom stereocenters. The van der Waals surface area contributed by atoms with Crippen LogP contribution in [-0.4, -0.2) is 18.1 Å². The molecule has 4 nitrogen and oxygen atoms in total. The van der Waals surface area contributed by atoms with Crippen molar-refractivity contribution in [1.29, 1.82) is 5.26 Å². The lowest BCUT2D eigenvalue weighted by Crippen LogP contribution is -2.23. The van der Waals surface area contributed by atoms with Gasteiger partial charge in [0, 0.05) is 11.5 Å². The molecule has 2 atom stereocenters. The van der Waals surface area contributed by atoms with Crippen molar-refractivity contribution >= 4 is 17.5 Å². The summed E-state index contributed by atoms with van der Waals surface area (Å²) in [6, 6.07) is 18.7. The minimum Gasteiger partial charge on any atom is -0.497 e. The van der Waals surface area contributed by atoms with Crippen LogP contribution in [0, 0.1) is 11.3 Å². The molecule has 0 aliphatic carbocycles. The lowest BCUT2D eigenvalue weighted by Gasteiger charge is -2.19. The second-order valence-electron chi connectivity index (χ2n) is 5.41. The number of hydrogen-bond acceptors (Lipinski definition) is 5. The average Bonchev–Trinajstić information content (AvgIpc) is 2.98. The van der Waals surface area contributed by atoms with Crippen LogP contribution in [0.1, 0.15) is 21.8 Å². The van der Waals surface area contributed by atoms with E-state index in [0.29, 0.717) is 16.2 Å². The Kier molecular flexibility index (Phi) is 4.59. The Morgan fingerprint density at radius 3 is 2.42 bits per heavy atom. The molecular formula is C19H16N2O2S. The summed E-state index contributed by atoms with van der Waals surface area (Å²) in [7, 11) is 1.60. The number of nitrogens with zero attached hydrogens (tertiary/aromatic N) is 1. The maximum absolute atomic E-state index is 12.9. The van der Waals surface area contributed by atoms with Gasteiger partial charge in [-0.25, -0.2) is 0 Å². The van der Waals surface area contributed by atoms with Crippen LogP contribution in [0.4, 0.5) is 0 Å². The highest BCUT2D eigenvalue weighted by molar-refractivity contribution is 8.04. The van der Waals surface area contributed by atoms with Crippen molar-refractivity contribution in [3.05, 3.63) is 76.3 Å². The Morgan fingerprint density at radius 2 is 1.83 bits per heavy atom. The number of methoxy groups -OCH3 is 1. The summed E-state index contributed by atoms with van der Waals surface area (Å²) >= 11 is 1.27. The number of ketones is 1. The first-order chi connectivity index (χ1) is 11.7. The highest BCUT2D eigenvalue weighted by Crippen LogP contribution is 2.46. The number of nitriles is 1. The zero-order valence-electron chi connectivity index (χ0n) is 13.1. The monoisotopic (exact) mass is 336 g/mol. The van der Waals surface area contributed by atoms with Crippen LogP contribution in [0.3, 0.4) is 0 Å². The van der Waals surface area contributed by atoms with E-state index in [0.717, 1.165) is 11.3 Å². The third-order valence-electron chi connectivity index (χ3n) is 4.05. The first kappa shape index (κ1) is 16.2. The number of carbonyl (C=O) groups excluding carboxylic acids is 1. The quantitative estimate of drug-likeness (QED) is 0.865. The van der Waals surface area contributed by atoms with Gasteiger partial charge >= 0.3 is 0 Å². The number of allylic oxidation sites excluding steroid dienone is 1. The molecular weight excluding hydrogens is 320 g/mol. The normalized spacial score (nSPS) is 19.8. The topological polar surface area (TPSA) is 76.1 Å². The van der Waals surface area contributed by atoms with E-state index in [1.54, 1.807) is 19.2 Å². The predicted molar refractivity (Wildman–Crippen MR) is 94.7 cm³/mol. The van der Waals surface area contributed by atoms with Crippen LogP contribution in [0.25, 0.3) is 0 Å². The number of hydrogen-bond donors (Lipinski definition) is 1. The van der Waals surface area contributed by atoms with Gasteiger partial charge in [0.1, 0.15) is 5.75 Å². The third-order valence-corrected chi connectivity index (χ3v) is 5.26. The molecule has 0 bridgehead atoms. The molecule has 0 fully saturated rings. The number of benzene rings is 2. The van der Waals surface area contributed by atoms with E-state index in [2.05, 4.69) is 6.07 Å². The Balaban J connectivity index is 2.00. The molecule has 0 radical (unpaired) electrons. The summed E-state index contributed by atoms with van der Waals surface area (Å²) in [5, 5.41) is 9.49. The summed E-state index contributed by atoms with van der Waals surface area (Å²) in [5.41, 5.74) is 7.99. The zero-order valence-corrected chi connectivity index (χ0v) is 13.9. The Hall–Kier alpha value is -2.71. The molecule has 5 heteroatoms. The standard InChI is InChI=1S/C19H16N2O2S/c1-23-14-9-7-12(8-10-14)16-15(11-20)19(21)24-18(16)17(22)13-5-3-2-4-6-13/h2-10,16,18H,21H2,1H3/t16-,18-/m0/s1. The molecule has 0 saturated carbocycles. The summed E-state index contributed by atoms with van der Waals surface area (Å²) in [6.45, 7) is 0. The maximum atomic E-state index is 12.9. The molecule has 120 valence electrons. The van der Waals surface area contributed by atoms with Gasteiger partial charge in [0.05, 0.1) is 29.0 Å². The largest absolute Gasteiger partial charge is 0.497 e. The van der Waals surface area contributed by atoms with Crippen molar-refractivity contribution in [3.8, 4) is 11.8 Å². The minimum absolute atomic E-state index is 0.0189. The fraction of sp³-hybridized carbons (Fsp3) is 0.158. The lowest BCUT2D eigenvalue weighted by molar-refractivity contribution is 0.0985. The molecule has 24 heavy (non-hydrogen) atoms. The van der Waals surface area contributed by atoms with Gasteiger partial charge in [-0.2, -0.15) is 5.26 Å². The molecule has 1 heterocycles. The number of thioether (sulfide) groups is 1. The number of nitrogens with two attached hydrogens (primary N) is 1. The number of ether oxygens (including phenoxy) is 1. The van der Waals surface area contributed by atoms with Crippen molar-refractivity contribution in [2.75, 3.05) is 7.11 Å². The number of Topliss-reactive ketones (excluding diaryl/α,β-unsaturated/α-hetero) is 1. The van der Waals surface area contributed by atoms with Crippen LogP contribution in [0.15, 0.2) is 65.2 Å². The third kappa shape index (κ3) is 2.89. The van der Waals surface area contributed by atoms with Gasteiger partial charge in [0.25, 0.3) is 0 Å². The molecule has 1 aliphatic rings. The van der Waals surface area contributed by atoms with Gasteiger partial charge in [-0.15, -0.1) is 0 Å². The minimum atomic E-state index is -0.435. The highest BCUT2D eigenvalue weighted by Gasteiger charge is 2.40. The summed E-state index contributed by atoms with van der Waals surface area (Å²) < 4.78 is 5.18. The number of rotatable bonds is 4. The van der Waals surface area contributed by atoms with Gasteiger partial charge < -0.3 is 10.5 Å². The average molecular weight is 336 g/mol. The van der Waals surface area contributed by atoms with E-state index in [9.17, 15) is 10.1 Å². The van der Waals surface area contributed by atoms with Gasteiger partial charge in [-0.05, 0) is 17.7 Å². The zero-order chi connectivity index (χ0) is 17.1. The summed E-state index contributed by atoms with van der Waals surface area (Å²) in [5.74, 6) is 0.360. The first-order valence-corrected chi connectivity index (χ1v) is 8.33.